The van der Waals surface area contributed by atoms with Crippen molar-refractivity contribution in [3.63, 3.8) is 0 Å². The Labute approximate surface area is 275 Å². The fraction of sp³-hybridized carbons (Fsp3) is 0.469. The first-order chi connectivity index (χ1) is 22.1. The zero-order valence-electron chi connectivity index (χ0n) is 27.8. The van der Waals surface area contributed by atoms with Crippen LogP contribution in [0.3, 0.4) is 0 Å². The molecular weight excluding hydrogens is 640 g/mol. The number of hydrogen-bond donors (Lipinski definition) is 2. The predicted octanol–water partition coefficient (Wildman–Crippen LogP) is 5.75. The summed E-state index contributed by atoms with van der Waals surface area (Å²) in [6, 6.07) is 8.77. The van der Waals surface area contributed by atoms with Crippen molar-refractivity contribution in [2.75, 3.05) is 52.9 Å². The molecule has 15 heteroatoms. The maximum atomic E-state index is 15.1. The second-order valence-corrected chi connectivity index (χ2v) is 12.6. The number of amides is 1. The maximum Gasteiger partial charge on any atom is 0.423 e. The molecule has 1 aromatic heterocycles. The van der Waals surface area contributed by atoms with Crippen molar-refractivity contribution >= 4 is 28.5 Å². The van der Waals surface area contributed by atoms with E-state index in [1.54, 1.807) is 20.0 Å². The van der Waals surface area contributed by atoms with Gasteiger partial charge in [-0.05, 0) is 51.2 Å². The third-order valence-electron chi connectivity index (χ3n) is 7.48. The van der Waals surface area contributed by atoms with Crippen molar-refractivity contribution in [1.29, 1.82) is 0 Å². The monoisotopic (exact) mass is 682 g/mol. The van der Waals surface area contributed by atoms with E-state index < -0.39 is 52.0 Å². The molecule has 0 radical (unpaired) electrons. The highest BCUT2D eigenvalue weighted by atomic mass is 32.2. The Hall–Kier alpha value is -3.82. The van der Waals surface area contributed by atoms with Crippen molar-refractivity contribution < 1.29 is 36.0 Å². The number of alkyl halides is 3. The first-order valence-electron chi connectivity index (χ1n) is 15.0. The SMILES string of the molecule is CC.COc1cc(C(=O)NCCCN(C)C)c(F)cc1Nc1ncc(C(F)(F)F)c(O[C@]2(C)Cc3ccccc3[C@H]2N(C)S(C)=O)n1. The molecule has 1 heterocycles. The Balaban J connectivity index is 0.00000294. The highest BCUT2D eigenvalue weighted by molar-refractivity contribution is 7.81. The van der Waals surface area contributed by atoms with Gasteiger partial charge in [0.15, 0.2) is 0 Å². The summed E-state index contributed by atoms with van der Waals surface area (Å²) in [6.07, 6.45) is -1.94. The fourth-order valence-electron chi connectivity index (χ4n) is 5.31. The minimum atomic E-state index is -4.87. The molecule has 2 aromatic carbocycles. The lowest BCUT2D eigenvalue weighted by molar-refractivity contribution is -0.141. The molecule has 2 N–H and O–H groups in total. The third kappa shape index (κ3) is 8.96. The van der Waals surface area contributed by atoms with Gasteiger partial charge in [0.25, 0.3) is 5.91 Å². The Morgan fingerprint density at radius 1 is 1.17 bits per heavy atom. The number of carbonyl (C=O) groups is 1. The molecule has 47 heavy (non-hydrogen) atoms. The van der Waals surface area contributed by atoms with Crippen LogP contribution in [0.15, 0.2) is 42.6 Å². The van der Waals surface area contributed by atoms with Gasteiger partial charge >= 0.3 is 6.18 Å². The van der Waals surface area contributed by atoms with Crippen LogP contribution < -0.4 is 20.1 Å². The van der Waals surface area contributed by atoms with E-state index in [0.717, 1.165) is 23.7 Å². The van der Waals surface area contributed by atoms with Gasteiger partial charge in [0.05, 0.1) is 35.4 Å². The molecule has 3 atom stereocenters. The number of methoxy groups -OCH3 is 1. The molecule has 258 valence electrons. The van der Waals surface area contributed by atoms with Gasteiger partial charge in [0, 0.05) is 38.5 Å². The van der Waals surface area contributed by atoms with Crippen molar-refractivity contribution in [3.05, 3.63) is 70.7 Å². The molecule has 1 amide bonds. The normalized spacial score (nSPS) is 17.9. The molecule has 0 spiro atoms. The number of nitrogens with one attached hydrogen (secondary N) is 2. The van der Waals surface area contributed by atoms with Crippen LogP contribution >= 0.6 is 0 Å². The van der Waals surface area contributed by atoms with Crippen molar-refractivity contribution in [2.24, 2.45) is 0 Å². The average molecular weight is 683 g/mol. The largest absolute Gasteiger partial charge is 0.495 e. The van der Waals surface area contributed by atoms with Crippen LogP contribution in [0.2, 0.25) is 0 Å². The number of rotatable bonds is 12. The van der Waals surface area contributed by atoms with E-state index >= 15 is 4.39 Å². The molecule has 0 saturated heterocycles. The number of ether oxygens (including phenoxy) is 2. The van der Waals surface area contributed by atoms with Gasteiger partial charge in [-0.1, -0.05) is 38.1 Å². The Morgan fingerprint density at radius 2 is 1.85 bits per heavy atom. The molecule has 3 aromatic rings. The van der Waals surface area contributed by atoms with Gasteiger partial charge in [0.2, 0.25) is 11.8 Å². The number of halogens is 4. The van der Waals surface area contributed by atoms with Crippen LogP contribution in [0, 0.1) is 5.82 Å². The first-order valence-corrected chi connectivity index (χ1v) is 16.5. The van der Waals surface area contributed by atoms with E-state index in [4.69, 9.17) is 9.47 Å². The van der Waals surface area contributed by atoms with Crippen LogP contribution in [-0.4, -0.2) is 82.5 Å². The molecule has 0 saturated carbocycles. The summed E-state index contributed by atoms with van der Waals surface area (Å²) in [5, 5.41) is 5.34. The topological polar surface area (TPSA) is 109 Å². The van der Waals surface area contributed by atoms with Crippen molar-refractivity contribution in [2.45, 2.75) is 51.4 Å². The fourth-order valence-corrected chi connectivity index (χ4v) is 5.95. The summed E-state index contributed by atoms with van der Waals surface area (Å²) in [6.45, 7) is 6.70. The summed E-state index contributed by atoms with van der Waals surface area (Å²) in [5.74, 6) is -2.59. The quantitative estimate of drug-likeness (QED) is 0.184. The minimum Gasteiger partial charge on any atom is -0.495 e. The number of nitrogens with zero attached hydrogens (tertiary/aromatic N) is 4. The number of carbonyl (C=O) groups excluding carboxylic acids is 1. The Bertz CT molecular complexity index is 1580. The zero-order chi connectivity index (χ0) is 35.1. The number of anilines is 2. The molecule has 1 aliphatic rings. The molecule has 0 aliphatic heterocycles. The van der Waals surface area contributed by atoms with Gasteiger partial charge in [-0.2, -0.15) is 18.2 Å². The van der Waals surface area contributed by atoms with Gasteiger partial charge in [0.1, 0.15) is 22.7 Å². The van der Waals surface area contributed by atoms with Gasteiger partial charge < -0.3 is 25.0 Å². The molecule has 10 nitrogen and oxygen atoms in total. The Morgan fingerprint density at radius 3 is 2.47 bits per heavy atom. The van der Waals surface area contributed by atoms with E-state index in [1.165, 1.54) is 23.7 Å². The molecule has 4 rings (SSSR count). The number of likely N-dealkylation sites (N-methyl/N-ethyl adjacent to an activating group) is 1. The number of fused-ring (bicyclic) bond motifs is 1. The molecule has 1 unspecified atom stereocenters. The smallest absolute Gasteiger partial charge is 0.423 e. The van der Waals surface area contributed by atoms with E-state index in [9.17, 15) is 22.2 Å². The van der Waals surface area contributed by atoms with Crippen molar-refractivity contribution in [1.82, 2.24) is 24.5 Å². The van der Waals surface area contributed by atoms with Crippen LogP contribution in [-0.2, 0) is 23.6 Å². The number of aromatic nitrogens is 2. The second kappa shape index (κ2) is 15.8. The van der Waals surface area contributed by atoms with Gasteiger partial charge in [-0.25, -0.2) is 17.9 Å². The number of hydrogen-bond acceptors (Lipinski definition) is 8. The lowest BCUT2D eigenvalue weighted by Gasteiger charge is -2.37. The highest BCUT2D eigenvalue weighted by Gasteiger charge is 2.49. The average Bonchev–Trinajstić information content (AvgIpc) is 3.30. The maximum absolute atomic E-state index is 15.1. The van der Waals surface area contributed by atoms with Crippen LogP contribution in [0.1, 0.15) is 60.3 Å². The van der Waals surface area contributed by atoms with Crippen LogP contribution in [0.25, 0.3) is 0 Å². The second-order valence-electron chi connectivity index (χ2n) is 11.1. The van der Waals surface area contributed by atoms with Crippen LogP contribution in [0.5, 0.6) is 11.6 Å². The van der Waals surface area contributed by atoms with E-state index in [2.05, 4.69) is 20.6 Å². The summed E-state index contributed by atoms with van der Waals surface area (Å²) in [4.78, 5) is 22.4. The molecule has 1 aliphatic carbocycles. The molecule has 0 fully saturated rings. The minimum absolute atomic E-state index is 0.0247. The summed E-state index contributed by atoms with van der Waals surface area (Å²) >= 11 is 0. The standard InChI is InChI=1S/C30H36F4N6O4S.C2H6/c1-29(16-18-10-7-8-11-19(18)25(29)40(4)45(6)42)44-27-21(30(32,33)34)17-36-28(38-27)37-23-15-22(31)20(14-24(23)43-5)26(41)35-12-9-13-39(2)3;1-2/h7-8,10-11,14-15,17,25H,9,12-13,16H2,1-6H3,(H,35,41)(H,36,37,38);1-2H3/t25-,29-,45?;/m1./s1. The van der Waals surface area contributed by atoms with Crippen molar-refractivity contribution in [3.8, 4) is 11.6 Å². The lowest BCUT2D eigenvalue weighted by atomic mass is 9.97. The van der Waals surface area contributed by atoms with E-state index in [-0.39, 0.29) is 29.4 Å². The molecule has 0 bridgehead atoms. The molecular formula is C32H42F4N6O4S. The lowest BCUT2D eigenvalue weighted by Crippen LogP contribution is -2.45. The summed E-state index contributed by atoms with van der Waals surface area (Å²) in [7, 11) is 5.22. The van der Waals surface area contributed by atoms with E-state index in [1.807, 2.05) is 51.0 Å². The predicted molar refractivity (Wildman–Crippen MR) is 174 cm³/mol. The van der Waals surface area contributed by atoms with Crippen LogP contribution in [0.4, 0.5) is 29.2 Å². The van der Waals surface area contributed by atoms with E-state index in [0.29, 0.717) is 19.2 Å². The van der Waals surface area contributed by atoms with Gasteiger partial charge in [-0.15, -0.1) is 0 Å². The first kappa shape index (κ1) is 37.6. The number of benzene rings is 2. The summed E-state index contributed by atoms with van der Waals surface area (Å²) < 4.78 is 83.0. The third-order valence-corrected chi connectivity index (χ3v) is 8.50. The zero-order valence-corrected chi connectivity index (χ0v) is 28.6. The van der Waals surface area contributed by atoms with Gasteiger partial charge in [-0.3, -0.25) is 4.79 Å². The Kier molecular flexibility index (Phi) is 12.7. The highest BCUT2D eigenvalue weighted by Crippen LogP contribution is 2.47. The summed E-state index contributed by atoms with van der Waals surface area (Å²) in [5.41, 5.74) is -1.20.